The molecule has 1 aliphatic heterocycles. The Balaban J connectivity index is 2.00. The number of nitrogens with one attached hydrogen (secondary N) is 1. The van der Waals surface area contributed by atoms with Crippen LogP contribution in [0.4, 0.5) is 0 Å². The molecule has 0 spiro atoms. The molecule has 1 saturated carbocycles. The lowest BCUT2D eigenvalue weighted by Crippen LogP contribution is -2.25. The van der Waals surface area contributed by atoms with Crippen molar-refractivity contribution in [1.82, 2.24) is 5.32 Å². The molecule has 0 aromatic rings. The van der Waals surface area contributed by atoms with Gasteiger partial charge in [0.25, 0.3) is 0 Å². The van der Waals surface area contributed by atoms with Crippen molar-refractivity contribution in [2.24, 2.45) is 5.92 Å². The Morgan fingerprint density at radius 2 is 2.00 bits per heavy atom. The van der Waals surface area contributed by atoms with Crippen molar-refractivity contribution in [3.8, 4) is 0 Å². The summed E-state index contributed by atoms with van der Waals surface area (Å²) in [4.78, 5) is 0. The van der Waals surface area contributed by atoms with Crippen molar-refractivity contribution in [2.75, 3.05) is 0 Å². The van der Waals surface area contributed by atoms with Crippen molar-refractivity contribution in [2.45, 2.75) is 38.1 Å². The summed E-state index contributed by atoms with van der Waals surface area (Å²) < 4.78 is 0. The molecule has 1 heterocycles. The van der Waals surface area contributed by atoms with Gasteiger partial charge in [0, 0.05) is 6.04 Å². The summed E-state index contributed by atoms with van der Waals surface area (Å²) in [5, 5.41) is 3.42. The Morgan fingerprint density at radius 3 is 3.00 bits per heavy atom. The second kappa shape index (κ2) is 2.65. The van der Waals surface area contributed by atoms with E-state index in [9.17, 15) is 0 Å². The standard InChI is InChI=1S/C9H15N/c1-2-4-8-6-7-10-9(8)5-3-1/h6-10H,1-5H2. The van der Waals surface area contributed by atoms with Gasteiger partial charge in [-0.2, -0.15) is 0 Å². The van der Waals surface area contributed by atoms with Gasteiger partial charge in [-0.15, -0.1) is 0 Å². The van der Waals surface area contributed by atoms with E-state index in [-0.39, 0.29) is 0 Å². The van der Waals surface area contributed by atoms with Gasteiger partial charge >= 0.3 is 0 Å². The number of rotatable bonds is 0. The first-order valence-electron chi connectivity index (χ1n) is 4.39. The van der Waals surface area contributed by atoms with Gasteiger partial charge in [-0.1, -0.05) is 25.3 Å². The average Bonchev–Trinajstić information content (AvgIpc) is 2.28. The van der Waals surface area contributed by atoms with Crippen LogP contribution >= 0.6 is 0 Å². The van der Waals surface area contributed by atoms with Crippen molar-refractivity contribution in [3.63, 3.8) is 0 Å². The van der Waals surface area contributed by atoms with Gasteiger partial charge < -0.3 is 5.32 Å². The van der Waals surface area contributed by atoms with E-state index in [0.29, 0.717) is 0 Å². The van der Waals surface area contributed by atoms with Crippen LogP contribution in [0.2, 0.25) is 0 Å². The van der Waals surface area contributed by atoms with Crippen LogP contribution in [-0.2, 0) is 0 Å². The first-order chi connectivity index (χ1) is 4.97. The van der Waals surface area contributed by atoms with Gasteiger partial charge in [-0.25, -0.2) is 0 Å². The van der Waals surface area contributed by atoms with E-state index in [1.165, 1.54) is 32.1 Å². The van der Waals surface area contributed by atoms with Crippen molar-refractivity contribution < 1.29 is 0 Å². The van der Waals surface area contributed by atoms with Crippen molar-refractivity contribution in [3.05, 3.63) is 12.3 Å². The lowest BCUT2D eigenvalue weighted by atomic mass is 9.98. The highest BCUT2D eigenvalue weighted by Gasteiger charge is 2.23. The predicted molar refractivity (Wildman–Crippen MR) is 42.6 cm³/mol. The van der Waals surface area contributed by atoms with Crippen LogP contribution < -0.4 is 5.32 Å². The third-order valence-corrected chi connectivity index (χ3v) is 2.72. The highest BCUT2D eigenvalue weighted by atomic mass is 14.9. The van der Waals surface area contributed by atoms with Gasteiger partial charge in [-0.3, -0.25) is 0 Å². The lowest BCUT2D eigenvalue weighted by Gasteiger charge is -2.15. The molecule has 1 fully saturated rings. The van der Waals surface area contributed by atoms with Gasteiger partial charge in [0.05, 0.1) is 0 Å². The fourth-order valence-corrected chi connectivity index (χ4v) is 2.08. The van der Waals surface area contributed by atoms with Gasteiger partial charge in [0.2, 0.25) is 0 Å². The van der Waals surface area contributed by atoms with Gasteiger partial charge in [0.1, 0.15) is 0 Å². The molecule has 2 atom stereocenters. The summed E-state index contributed by atoms with van der Waals surface area (Å²) in [5.74, 6) is 0.863. The molecule has 0 bridgehead atoms. The fraction of sp³-hybridized carbons (Fsp3) is 0.778. The Morgan fingerprint density at radius 1 is 1.10 bits per heavy atom. The summed E-state index contributed by atoms with van der Waals surface area (Å²) in [6.07, 6.45) is 11.6. The highest BCUT2D eigenvalue weighted by molar-refractivity contribution is 5.02. The zero-order valence-electron chi connectivity index (χ0n) is 6.34. The van der Waals surface area contributed by atoms with E-state index in [0.717, 1.165) is 12.0 Å². The third-order valence-electron chi connectivity index (χ3n) is 2.72. The molecular formula is C9H15N. The topological polar surface area (TPSA) is 12.0 Å². The molecule has 2 aliphatic rings. The first kappa shape index (κ1) is 6.26. The Labute approximate surface area is 62.5 Å². The Hall–Kier alpha value is -0.460. The molecular weight excluding hydrogens is 122 g/mol. The largest absolute Gasteiger partial charge is 0.388 e. The van der Waals surface area contributed by atoms with Crippen LogP contribution in [0, 0.1) is 5.92 Å². The molecule has 1 heteroatoms. The second-order valence-electron chi connectivity index (χ2n) is 3.43. The summed E-state index contributed by atoms with van der Waals surface area (Å²) in [5.41, 5.74) is 0. The maximum atomic E-state index is 3.42. The minimum absolute atomic E-state index is 0.794. The van der Waals surface area contributed by atoms with Crippen molar-refractivity contribution in [1.29, 1.82) is 0 Å². The quantitative estimate of drug-likeness (QED) is 0.539. The predicted octanol–water partition coefficient (Wildman–Crippen LogP) is 2.05. The monoisotopic (exact) mass is 137 g/mol. The zero-order chi connectivity index (χ0) is 6.81. The Kier molecular flexibility index (Phi) is 1.66. The Bertz CT molecular complexity index is 140. The molecule has 10 heavy (non-hydrogen) atoms. The molecule has 1 aliphatic carbocycles. The van der Waals surface area contributed by atoms with Crippen LogP contribution in [-0.4, -0.2) is 6.04 Å². The summed E-state index contributed by atoms with van der Waals surface area (Å²) in [6.45, 7) is 0. The van der Waals surface area contributed by atoms with E-state index in [1.54, 1.807) is 0 Å². The van der Waals surface area contributed by atoms with Gasteiger partial charge in [-0.05, 0) is 25.0 Å². The number of fused-ring (bicyclic) bond motifs is 1. The molecule has 0 aromatic carbocycles. The van der Waals surface area contributed by atoms with E-state index >= 15 is 0 Å². The maximum Gasteiger partial charge on any atom is 0.0319 e. The molecule has 2 unspecified atom stereocenters. The molecule has 2 rings (SSSR count). The summed E-state index contributed by atoms with van der Waals surface area (Å²) >= 11 is 0. The number of hydrogen-bond acceptors (Lipinski definition) is 1. The molecule has 56 valence electrons. The minimum Gasteiger partial charge on any atom is -0.388 e. The highest BCUT2D eigenvalue weighted by Crippen LogP contribution is 2.26. The van der Waals surface area contributed by atoms with Crippen LogP contribution in [0.25, 0.3) is 0 Å². The lowest BCUT2D eigenvalue weighted by molar-refractivity contribution is 0.458. The molecule has 1 N–H and O–H groups in total. The van der Waals surface area contributed by atoms with Crippen molar-refractivity contribution >= 4 is 0 Å². The second-order valence-corrected chi connectivity index (χ2v) is 3.43. The van der Waals surface area contributed by atoms with E-state index in [4.69, 9.17) is 0 Å². The van der Waals surface area contributed by atoms with Crippen LogP contribution in [0.1, 0.15) is 32.1 Å². The van der Waals surface area contributed by atoms with Gasteiger partial charge in [0.15, 0.2) is 0 Å². The maximum absolute atomic E-state index is 3.42. The van der Waals surface area contributed by atoms with E-state index < -0.39 is 0 Å². The zero-order valence-corrected chi connectivity index (χ0v) is 6.34. The molecule has 1 nitrogen and oxygen atoms in total. The fourth-order valence-electron chi connectivity index (χ4n) is 2.08. The molecule has 0 radical (unpaired) electrons. The van der Waals surface area contributed by atoms with E-state index in [1.807, 2.05) is 0 Å². The third kappa shape index (κ3) is 1.05. The normalized spacial score (nSPS) is 38.4. The summed E-state index contributed by atoms with van der Waals surface area (Å²) in [6, 6.07) is 0.794. The first-order valence-corrected chi connectivity index (χ1v) is 4.39. The molecule has 0 saturated heterocycles. The van der Waals surface area contributed by atoms with Crippen LogP contribution in [0.3, 0.4) is 0 Å². The smallest absolute Gasteiger partial charge is 0.0319 e. The average molecular weight is 137 g/mol. The minimum atomic E-state index is 0.794. The summed E-state index contributed by atoms with van der Waals surface area (Å²) in [7, 11) is 0. The van der Waals surface area contributed by atoms with Crippen LogP contribution in [0.5, 0.6) is 0 Å². The van der Waals surface area contributed by atoms with E-state index in [2.05, 4.69) is 17.6 Å². The SMILES string of the molecule is C1=CC2CCCCCC2N1. The number of hydrogen-bond donors (Lipinski definition) is 1. The van der Waals surface area contributed by atoms with Crippen LogP contribution in [0.15, 0.2) is 12.3 Å². The molecule has 0 aromatic heterocycles. The molecule has 0 amide bonds.